The molecule has 0 bridgehead atoms. The number of anilines is 2. The second-order valence-corrected chi connectivity index (χ2v) is 7.52. The number of pyridine rings is 1. The van der Waals surface area contributed by atoms with Crippen LogP contribution < -0.4 is 20.9 Å². The Kier molecular flexibility index (Phi) is 8.16. The van der Waals surface area contributed by atoms with Crippen molar-refractivity contribution in [2.24, 2.45) is 4.99 Å². The summed E-state index contributed by atoms with van der Waals surface area (Å²) in [7, 11) is 0. The van der Waals surface area contributed by atoms with Gasteiger partial charge in [0.1, 0.15) is 5.82 Å². The number of aromatic nitrogens is 1. The van der Waals surface area contributed by atoms with Gasteiger partial charge in [0.2, 0.25) is 0 Å². The van der Waals surface area contributed by atoms with Gasteiger partial charge in [-0.3, -0.25) is 4.99 Å². The Hall–Kier alpha value is -2.76. The zero-order valence-corrected chi connectivity index (χ0v) is 17.7. The molecule has 1 unspecified atom stereocenters. The van der Waals surface area contributed by atoms with E-state index in [2.05, 4.69) is 63.9 Å². The highest BCUT2D eigenvalue weighted by molar-refractivity contribution is 5.80. The van der Waals surface area contributed by atoms with Crippen LogP contribution in [-0.2, 0) is 0 Å². The molecule has 29 heavy (non-hydrogen) atoms. The predicted octanol–water partition coefficient (Wildman–Crippen LogP) is 3.42. The van der Waals surface area contributed by atoms with Crippen molar-refractivity contribution < 1.29 is 0 Å². The Labute approximate surface area is 174 Å². The molecule has 1 aromatic carbocycles. The number of aliphatic imine (C=N–C) groups is 1. The third kappa shape index (κ3) is 6.97. The summed E-state index contributed by atoms with van der Waals surface area (Å²) < 4.78 is 0. The lowest BCUT2D eigenvalue weighted by atomic mass is 10.2. The molecule has 0 spiro atoms. The molecule has 1 aliphatic heterocycles. The van der Waals surface area contributed by atoms with Crippen LogP contribution in [0.25, 0.3) is 0 Å². The summed E-state index contributed by atoms with van der Waals surface area (Å²) in [6.45, 7) is 8.97. The predicted molar refractivity (Wildman–Crippen MR) is 123 cm³/mol. The van der Waals surface area contributed by atoms with E-state index in [0.29, 0.717) is 6.04 Å². The van der Waals surface area contributed by atoms with E-state index in [-0.39, 0.29) is 0 Å². The second kappa shape index (κ2) is 11.3. The van der Waals surface area contributed by atoms with Crippen molar-refractivity contribution in [2.45, 2.75) is 39.2 Å². The maximum Gasteiger partial charge on any atom is 0.191 e. The minimum absolute atomic E-state index is 0.430. The summed E-state index contributed by atoms with van der Waals surface area (Å²) in [5.41, 5.74) is 2.61. The van der Waals surface area contributed by atoms with Gasteiger partial charge in [0.05, 0.1) is 0 Å². The van der Waals surface area contributed by atoms with Crippen LogP contribution in [0.1, 0.15) is 31.7 Å². The molecule has 0 saturated carbocycles. The number of hydrogen-bond acceptors (Lipinski definition) is 4. The van der Waals surface area contributed by atoms with Gasteiger partial charge in [-0.05, 0) is 57.4 Å². The number of nitrogens with one attached hydrogen (secondary N) is 3. The van der Waals surface area contributed by atoms with Crippen LogP contribution >= 0.6 is 0 Å². The number of unbranched alkanes of at least 4 members (excludes halogenated alkanes) is 1. The molecule has 1 aromatic heterocycles. The minimum atomic E-state index is 0.430. The Bertz CT molecular complexity index is 744. The molecule has 6 nitrogen and oxygen atoms in total. The minimum Gasteiger partial charge on any atom is -0.370 e. The van der Waals surface area contributed by atoms with E-state index in [4.69, 9.17) is 4.99 Å². The smallest absolute Gasteiger partial charge is 0.191 e. The topological polar surface area (TPSA) is 64.6 Å². The first-order valence-electron chi connectivity index (χ1n) is 10.8. The van der Waals surface area contributed by atoms with E-state index in [0.717, 1.165) is 63.8 Å². The fraction of sp³-hybridized carbons (Fsp3) is 0.478. The van der Waals surface area contributed by atoms with Gasteiger partial charge in [-0.15, -0.1) is 0 Å². The summed E-state index contributed by atoms with van der Waals surface area (Å²) in [6, 6.07) is 15.2. The van der Waals surface area contributed by atoms with Gasteiger partial charge in [0, 0.05) is 50.6 Å². The molecule has 3 N–H and O–H groups in total. The van der Waals surface area contributed by atoms with Gasteiger partial charge in [0.25, 0.3) is 0 Å². The van der Waals surface area contributed by atoms with Crippen molar-refractivity contribution in [1.29, 1.82) is 0 Å². The fourth-order valence-electron chi connectivity index (χ4n) is 3.49. The molecule has 0 amide bonds. The van der Waals surface area contributed by atoms with Crippen molar-refractivity contribution in [2.75, 3.05) is 42.9 Å². The highest BCUT2D eigenvalue weighted by Gasteiger charge is 2.23. The second-order valence-electron chi connectivity index (χ2n) is 7.52. The lowest BCUT2D eigenvalue weighted by molar-refractivity contribution is 0.646. The molecule has 6 heteroatoms. The largest absolute Gasteiger partial charge is 0.370 e. The van der Waals surface area contributed by atoms with Gasteiger partial charge in [-0.2, -0.15) is 0 Å². The average Bonchev–Trinajstić information content (AvgIpc) is 3.20. The molecule has 1 saturated heterocycles. The van der Waals surface area contributed by atoms with Crippen molar-refractivity contribution in [1.82, 2.24) is 15.6 Å². The van der Waals surface area contributed by atoms with E-state index in [1.165, 1.54) is 11.3 Å². The number of aryl methyl sites for hydroxylation is 1. The number of guanidine groups is 1. The van der Waals surface area contributed by atoms with Crippen molar-refractivity contribution >= 4 is 17.5 Å². The highest BCUT2D eigenvalue weighted by Crippen LogP contribution is 2.20. The molecule has 1 aliphatic rings. The van der Waals surface area contributed by atoms with Crippen molar-refractivity contribution in [3.63, 3.8) is 0 Å². The van der Waals surface area contributed by atoms with E-state index in [9.17, 15) is 0 Å². The Morgan fingerprint density at radius 3 is 2.79 bits per heavy atom. The Morgan fingerprint density at radius 1 is 1.17 bits per heavy atom. The summed E-state index contributed by atoms with van der Waals surface area (Å²) in [6.07, 6.45) is 5.07. The van der Waals surface area contributed by atoms with Gasteiger partial charge < -0.3 is 20.9 Å². The Balaban J connectivity index is 1.39. The third-order valence-electron chi connectivity index (χ3n) is 5.10. The SMILES string of the molecule is CCNC(=NCCCCNc1ccccn1)NC1CCN(c2ccc(C)cc2)C1. The molecule has 2 heterocycles. The molecule has 2 aromatic rings. The maximum absolute atomic E-state index is 4.76. The standard InChI is InChI=1S/C23H34N6/c1-3-24-23(27-16-7-6-15-26-22-8-4-5-14-25-22)28-20-13-17-29(18-20)21-11-9-19(2)10-12-21/h4-5,8-12,14,20H,3,6-7,13,15-18H2,1-2H3,(H,25,26)(H2,24,27,28). The summed E-state index contributed by atoms with van der Waals surface area (Å²) in [5, 5.41) is 10.3. The zero-order valence-electron chi connectivity index (χ0n) is 17.7. The molecule has 1 atom stereocenters. The van der Waals surface area contributed by atoms with Crippen LogP contribution in [0.4, 0.5) is 11.5 Å². The van der Waals surface area contributed by atoms with Gasteiger partial charge in [0.15, 0.2) is 5.96 Å². The van der Waals surface area contributed by atoms with Crippen LogP contribution in [-0.4, -0.2) is 49.7 Å². The molecule has 0 aliphatic carbocycles. The van der Waals surface area contributed by atoms with Crippen LogP contribution in [0.2, 0.25) is 0 Å². The fourth-order valence-corrected chi connectivity index (χ4v) is 3.49. The van der Waals surface area contributed by atoms with Crippen molar-refractivity contribution in [3.8, 4) is 0 Å². The zero-order chi connectivity index (χ0) is 20.3. The van der Waals surface area contributed by atoms with Crippen LogP contribution in [0, 0.1) is 6.92 Å². The number of benzene rings is 1. The van der Waals surface area contributed by atoms with E-state index >= 15 is 0 Å². The van der Waals surface area contributed by atoms with Gasteiger partial charge in [-0.25, -0.2) is 4.98 Å². The lowest BCUT2D eigenvalue weighted by Crippen LogP contribution is -2.44. The summed E-state index contributed by atoms with van der Waals surface area (Å²) in [4.78, 5) is 11.5. The summed E-state index contributed by atoms with van der Waals surface area (Å²) in [5.74, 6) is 1.87. The van der Waals surface area contributed by atoms with E-state index < -0.39 is 0 Å². The monoisotopic (exact) mass is 394 g/mol. The number of nitrogens with zero attached hydrogens (tertiary/aromatic N) is 3. The molecule has 0 radical (unpaired) electrons. The molecular weight excluding hydrogens is 360 g/mol. The first-order chi connectivity index (χ1) is 14.2. The van der Waals surface area contributed by atoms with Crippen molar-refractivity contribution in [3.05, 3.63) is 54.2 Å². The third-order valence-corrected chi connectivity index (χ3v) is 5.10. The van der Waals surface area contributed by atoms with Crippen LogP contribution in [0.3, 0.4) is 0 Å². The molecule has 156 valence electrons. The van der Waals surface area contributed by atoms with Gasteiger partial charge in [-0.1, -0.05) is 23.8 Å². The molecule has 1 fully saturated rings. The van der Waals surface area contributed by atoms with E-state index in [1.807, 2.05) is 24.4 Å². The number of hydrogen-bond donors (Lipinski definition) is 3. The summed E-state index contributed by atoms with van der Waals surface area (Å²) >= 11 is 0. The first-order valence-corrected chi connectivity index (χ1v) is 10.8. The van der Waals surface area contributed by atoms with Crippen LogP contribution in [0.15, 0.2) is 53.7 Å². The van der Waals surface area contributed by atoms with Crippen LogP contribution in [0.5, 0.6) is 0 Å². The number of rotatable bonds is 9. The molecular formula is C23H34N6. The lowest BCUT2D eigenvalue weighted by Gasteiger charge is -2.20. The van der Waals surface area contributed by atoms with Gasteiger partial charge >= 0.3 is 0 Å². The normalized spacial score (nSPS) is 16.7. The van der Waals surface area contributed by atoms with E-state index in [1.54, 1.807) is 0 Å². The first kappa shape index (κ1) is 21.0. The highest BCUT2D eigenvalue weighted by atomic mass is 15.2. The Morgan fingerprint density at radius 2 is 2.03 bits per heavy atom. The quantitative estimate of drug-likeness (QED) is 0.346. The maximum atomic E-state index is 4.76. The molecule has 3 rings (SSSR count). The average molecular weight is 395 g/mol.